The van der Waals surface area contributed by atoms with E-state index in [0.29, 0.717) is 42.5 Å². The van der Waals surface area contributed by atoms with Gasteiger partial charge in [-0.25, -0.2) is 9.37 Å². The molecule has 8 heteroatoms. The fourth-order valence-electron chi connectivity index (χ4n) is 3.93. The molecule has 1 saturated heterocycles. The smallest absolute Gasteiger partial charge is 0.260 e. The SMILES string of the molecule is Cl.O=C(c1cccc2ccccc12)N(CCN1CCOCC1)c1nc2c(F)cccc2s1. The number of ether oxygens (including phenoxy) is 1. The number of benzene rings is 3. The van der Waals surface area contributed by atoms with E-state index in [1.54, 1.807) is 11.0 Å². The van der Waals surface area contributed by atoms with E-state index in [9.17, 15) is 9.18 Å². The van der Waals surface area contributed by atoms with Crippen molar-refractivity contribution in [3.63, 3.8) is 0 Å². The van der Waals surface area contributed by atoms with E-state index < -0.39 is 0 Å². The quantitative estimate of drug-likeness (QED) is 0.411. The number of rotatable bonds is 5. The second kappa shape index (κ2) is 9.92. The van der Waals surface area contributed by atoms with Crippen LogP contribution in [0, 0.1) is 5.82 Å². The number of carbonyl (C=O) groups excluding carboxylic acids is 1. The van der Waals surface area contributed by atoms with Gasteiger partial charge >= 0.3 is 0 Å². The van der Waals surface area contributed by atoms with Crippen LogP contribution in [0.2, 0.25) is 0 Å². The molecule has 1 fully saturated rings. The number of morpholine rings is 1. The zero-order chi connectivity index (χ0) is 21.2. The van der Waals surface area contributed by atoms with Crippen LogP contribution in [0.4, 0.5) is 9.52 Å². The molecular formula is C24H23ClFN3O2S. The normalized spacial score (nSPS) is 14.4. The summed E-state index contributed by atoms with van der Waals surface area (Å²) in [5, 5.41) is 2.43. The highest BCUT2D eigenvalue weighted by atomic mass is 35.5. The number of hydrogen-bond donors (Lipinski definition) is 0. The Morgan fingerprint density at radius 3 is 2.62 bits per heavy atom. The number of amides is 1. The molecule has 3 aromatic carbocycles. The minimum atomic E-state index is -0.370. The third-order valence-corrected chi connectivity index (χ3v) is 6.64. The molecule has 0 N–H and O–H groups in total. The van der Waals surface area contributed by atoms with Crippen LogP contribution in [0.5, 0.6) is 0 Å². The topological polar surface area (TPSA) is 45.7 Å². The molecule has 0 radical (unpaired) electrons. The zero-order valence-corrected chi connectivity index (χ0v) is 19.0. The van der Waals surface area contributed by atoms with Crippen LogP contribution in [-0.2, 0) is 4.74 Å². The Labute approximate surface area is 195 Å². The number of aromatic nitrogens is 1. The third kappa shape index (κ3) is 4.47. The first-order valence-corrected chi connectivity index (χ1v) is 11.2. The summed E-state index contributed by atoms with van der Waals surface area (Å²) in [6.07, 6.45) is 0. The number of anilines is 1. The van der Waals surface area contributed by atoms with Crippen molar-refractivity contribution < 1.29 is 13.9 Å². The fourth-order valence-corrected chi connectivity index (χ4v) is 4.93. The van der Waals surface area contributed by atoms with Crippen LogP contribution in [0.25, 0.3) is 21.0 Å². The Hall–Kier alpha value is -2.58. The molecule has 2 heterocycles. The summed E-state index contributed by atoms with van der Waals surface area (Å²) in [5.41, 5.74) is 0.935. The van der Waals surface area contributed by atoms with E-state index in [2.05, 4.69) is 9.88 Å². The molecule has 0 bridgehead atoms. The molecule has 4 aromatic rings. The lowest BCUT2D eigenvalue weighted by atomic mass is 10.0. The van der Waals surface area contributed by atoms with Gasteiger partial charge in [-0.05, 0) is 29.0 Å². The summed E-state index contributed by atoms with van der Waals surface area (Å²) in [7, 11) is 0. The molecule has 5 rings (SSSR count). The maximum absolute atomic E-state index is 14.3. The highest BCUT2D eigenvalue weighted by Crippen LogP contribution is 2.32. The Morgan fingerprint density at radius 1 is 1.06 bits per heavy atom. The molecule has 0 unspecified atom stereocenters. The van der Waals surface area contributed by atoms with Crippen molar-refractivity contribution in [2.45, 2.75) is 0 Å². The Kier molecular flexibility index (Phi) is 7.01. The first kappa shape index (κ1) is 22.6. The Balaban J connectivity index is 0.00000245. The molecule has 1 amide bonds. The lowest BCUT2D eigenvalue weighted by Gasteiger charge is -2.29. The van der Waals surface area contributed by atoms with Crippen LogP contribution in [-0.4, -0.2) is 55.2 Å². The molecule has 0 saturated carbocycles. The van der Waals surface area contributed by atoms with E-state index in [-0.39, 0.29) is 24.1 Å². The van der Waals surface area contributed by atoms with Crippen molar-refractivity contribution >= 4 is 55.8 Å². The minimum Gasteiger partial charge on any atom is -0.379 e. The van der Waals surface area contributed by atoms with Crippen LogP contribution >= 0.6 is 23.7 Å². The molecule has 1 aromatic heterocycles. The van der Waals surface area contributed by atoms with Crippen LogP contribution < -0.4 is 4.90 Å². The number of hydrogen-bond acceptors (Lipinski definition) is 5. The van der Waals surface area contributed by atoms with Gasteiger partial charge in [0, 0.05) is 31.7 Å². The van der Waals surface area contributed by atoms with Crippen LogP contribution in [0.3, 0.4) is 0 Å². The summed E-state index contributed by atoms with van der Waals surface area (Å²) in [6, 6.07) is 18.5. The highest BCUT2D eigenvalue weighted by Gasteiger charge is 2.24. The van der Waals surface area contributed by atoms with Crippen molar-refractivity contribution in [2.24, 2.45) is 0 Å². The Bertz CT molecular complexity index is 1240. The summed E-state index contributed by atoms with van der Waals surface area (Å²) < 4.78 is 20.5. The van der Waals surface area contributed by atoms with Gasteiger partial charge in [-0.15, -0.1) is 12.4 Å². The number of fused-ring (bicyclic) bond motifs is 2. The van der Waals surface area contributed by atoms with Crippen molar-refractivity contribution in [1.29, 1.82) is 0 Å². The van der Waals surface area contributed by atoms with Crippen molar-refractivity contribution in [2.75, 3.05) is 44.3 Å². The van der Waals surface area contributed by atoms with Crippen molar-refractivity contribution in [3.8, 4) is 0 Å². The second-order valence-corrected chi connectivity index (χ2v) is 8.53. The molecule has 1 aliphatic rings. The van der Waals surface area contributed by atoms with Gasteiger partial charge in [0.1, 0.15) is 11.3 Å². The lowest BCUT2D eigenvalue weighted by molar-refractivity contribution is 0.0391. The van der Waals surface area contributed by atoms with E-state index in [1.165, 1.54) is 17.4 Å². The van der Waals surface area contributed by atoms with Crippen molar-refractivity contribution in [1.82, 2.24) is 9.88 Å². The van der Waals surface area contributed by atoms with Gasteiger partial charge in [0.15, 0.2) is 5.13 Å². The number of para-hydroxylation sites is 1. The summed E-state index contributed by atoms with van der Waals surface area (Å²) >= 11 is 1.35. The maximum atomic E-state index is 14.3. The average Bonchev–Trinajstić information content (AvgIpc) is 3.25. The van der Waals surface area contributed by atoms with Gasteiger partial charge in [0.2, 0.25) is 0 Å². The second-order valence-electron chi connectivity index (χ2n) is 7.52. The predicted molar refractivity (Wildman–Crippen MR) is 130 cm³/mol. The predicted octanol–water partition coefficient (Wildman–Crippen LogP) is 4.99. The molecule has 0 spiro atoms. The molecule has 5 nitrogen and oxygen atoms in total. The monoisotopic (exact) mass is 471 g/mol. The van der Waals surface area contributed by atoms with Gasteiger partial charge in [0.25, 0.3) is 5.91 Å². The van der Waals surface area contributed by atoms with Gasteiger partial charge in [-0.2, -0.15) is 0 Å². The first-order chi connectivity index (χ1) is 15.2. The summed E-state index contributed by atoms with van der Waals surface area (Å²) in [5.74, 6) is -0.490. The number of nitrogens with zero attached hydrogens (tertiary/aromatic N) is 3. The summed E-state index contributed by atoms with van der Waals surface area (Å²) in [4.78, 5) is 22.2. The van der Waals surface area contributed by atoms with Crippen LogP contribution in [0.1, 0.15) is 10.4 Å². The molecular weight excluding hydrogens is 449 g/mol. The Morgan fingerprint density at radius 2 is 1.81 bits per heavy atom. The van der Waals surface area contributed by atoms with Gasteiger partial charge in [-0.1, -0.05) is 53.8 Å². The first-order valence-electron chi connectivity index (χ1n) is 10.4. The van der Waals surface area contributed by atoms with Gasteiger partial charge < -0.3 is 4.74 Å². The molecule has 1 aliphatic heterocycles. The third-order valence-electron chi connectivity index (χ3n) is 5.60. The minimum absolute atomic E-state index is 0. The fraction of sp³-hybridized carbons (Fsp3) is 0.250. The maximum Gasteiger partial charge on any atom is 0.260 e. The number of carbonyl (C=O) groups is 1. The molecule has 0 aliphatic carbocycles. The molecule has 0 atom stereocenters. The number of thiazole rings is 1. The standard InChI is InChI=1S/C24H22FN3O2S.ClH/c25-20-9-4-10-21-22(20)26-24(31-21)28(12-11-27-13-15-30-16-14-27)23(29)19-8-3-6-17-5-1-2-7-18(17)19;/h1-10H,11-16H2;1H. The van der Waals surface area contributed by atoms with Crippen LogP contribution in [0.15, 0.2) is 60.7 Å². The summed E-state index contributed by atoms with van der Waals surface area (Å²) in [6.45, 7) is 4.25. The zero-order valence-electron chi connectivity index (χ0n) is 17.4. The van der Waals surface area contributed by atoms with Gasteiger partial charge in [-0.3, -0.25) is 14.6 Å². The average molecular weight is 472 g/mol. The van der Waals surface area contributed by atoms with E-state index >= 15 is 0 Å². The van der Waals surface area contributed by atoms with E-state index in [0.717, 1.165) is 28.6 Å². The van der Waals surface area contributed by atoms with E-state index in [4.69, 9.17) is 4.74 Å². The molecule has 166 valence electrons. The highest BCUT2D eigenvalue weighted by molar-refractivity contribution is 7.22. The van der Waals surface area contributed by atoms with Crippen molar-refractivity contribution in [3.05, 3.63) is 72.0 Å². The van der Waals surface area contributed by atoms with Gasteiger partial charge in [0.05, 0.1) is 17.9 Å². The molecule has 32 heavy (non-hydrogen) atoms. The van der Waals surface area contributed by atoms with E-state index in [1.807, 2.05) is 48.5 Å². The largest absolute Gasteiger partial charge is 0.379 e. The lowest BCUT2D eigenvalue weighted by Crippen LogP contribution is -2.43. The number of halogens is 2.